The van der Waals surface area contributed by atoms with Gasteiger partial charge in [0.15, 0.2) is 5.82 Å². The van der Waals surface area contributed by atoms with Crippen LogP contribution in [-0.4, -0.2) is 42.3 Å². The Balaban J connectivity index is 1.55. The van der Waals surface area contributed by atoms with Crippen LogP contribution in [0.5, 0.6) is 5.88 Å². The van der Waals surface area contributed by atoms with Crippen LogP contribution >= 0.6 is 11.6 Å². The predicted molar refractivity (Wildman–Crippen MR) is 120 cm³/mol. The van der Waals surface area contributed by atoms with Gasteiger partial charge in [0.25, 0.3) is 10.0 Å². The van der Waals surface area contributed by atoms with E-state index in [1.54, 1.807) is 13.0 Å². The van der Waals surface area contributed by atoms with Gasteiger partial charge in [0.1, 0.15) is 16.4 Å². The number of anilines is 2. The standard InChI is InChI=1S/C21H16ClN5O5S/c1-11-3-8-14-18(23-11)21(29)17(22)19(20(14)28)24-12-4-6-13(7-5-12)33(30,31)27-15-9-10-16(32-2)26-25-15/h3-10,24H,1-2H3,(H,25,27). The summed E-state index contributed by atoms with van der Waals surface area (Å²) in [5, 5.41) is 9.95. The Morgan fingerprint density at radius 2 is 1.67 bits per heavy atom. The highest BCUT2D eigenvalue weighted by Gasteiger charge is 2.33. The number of pyridine rings is 1. The van der Waals surface area contributed by atoms with Gasteiger partial charge in [0.2, 0.25) is 17.4 Å². The van der Waals surface area contributed by atoms with Crippen molar-refractivity contribution in [2.45, 2.75) is 11.8 Å². The fourth-order valence-electron chi connectivity index (χ4n) is 3.02. The summed E-state index contributed by atoms with van der Waals surface area (Å²) in [5.41, 5.74) is 0.978. The molecule has 0 saturated carbocycles. The summed E-state index contributed by atoms with van der Waals surface area (Å²) >= 11 is 6.15. The van der Waals surface area contributed by atoms with Crippen LogP contribution in [0.25, 0.3) is 0 Å². The Kier molecular flexibility index (Phi) is 5.83. The molecule has 0 aliphatic heterocycles. The summed E-state index contributed by atoms with van der Waals surface area (Å²) in [6.45, 7) is 1.70. The van der Waals surface area contributed by atoms with Crippen molar-refractivity contribution in [1.82, 2.24) is 15.2 Å². The number of allylic oxidation sites excluding steroid dienone is 2. The third kappa shape index (κ3) is 4.41. The van der Waals surface area contributed by atoms with Gasteiger partial charge >= 0.3 is 0 Å². The summed E-state index contributed by atoms with van der Waals surface area (Å²) in [5.74, 6) is -0.797. The molecule has 0 unspecified atom stereocenters. The van der Waals surface area contributed by atoms with Crippen LogP contribution < -0.4 is 14.8 Å². The van der Waals surface area contributed by atoms with Crippen LogP contribution in [0.3, 0.4) is 0 Å². The third-order valence-electron chi connectivity index (χ3n) is 4.66. The van der Waals surface area contributed by atoms with Crippen molar-refractivity contribution in [3.05, 3.63) is 76.2 Å². The number of carbonyl (C=O) groups excluding carboxylic acids is 2. The van der Waals surface area contributed by atoms with E-state index in [4.69, 9.17) is 16.3 Å². The Labute approximate surface area is 193 Å². The van der Waals surface area contributed by atoms with Crippen molar-refractivity contribution < 1.29 is 22.7 Å². The molecule has 0 fully saturated rings. The minimum absolute atomic E-state index is 0.00435. The zero-order valence-electron chi connectivity index (χ0n) is 17.3. The number of rotatable bonds is 6. The first-order valence-corrected chi connectivity index (χ1v) is 11.3. The molecule has 0 bridgehead atoms. The minimum atomic E-state index is -3.95. The molecule has 0 atom stereocenters. The number of hydrogen-bond donors (Lipinski definition) is 2. The number of ketones is 2. The van der Waals surface area contributed by atoms with Crippen LogP contribution in [0.15, 0.2) is 64.2 Å². The Morgan fingerprint density at radius 3 is 2.30 bits per heavy atom. The number of halogens is 1. The zero-order valence-corrected chi connectivity index (χ0v) is 18.9. The number of nitrogens with one attached hydrogen (secondary N) is 2. The molecule has 2 aromatic heterocycles. The summed E-state index contributed by atoms with van der Waals surface area (Å²) < 4.78 is 32.4. The van der Waals surface area contributed by atoms with Crippen molar-refractivity contribution in [2.75, 3.05) is 17.1 Å². The molecule has 168 valence electrons. The highest BCUT2D eigenvalue weighted by atomic mass is 35.5. The van der Waals surface area contributed by atoms with Crippen LogP contribution in [0, 0.1) is 6.92 Å². The summed E-state index contributed by atoms with van der Waals surface area (Å²) in [6.07, 6.45) is 0. The lowest BCUT2D eigenvalue weighted by Crippen LogP contribution is -2.25. The lowest BCUT2D eigenvalue weighted by atomic mass is 9.96. The number of benzene rings is 1. The quantitative estimate of drug-likeness (QED) is 0.539. The number of nitrogens with zero attached hydrogens (tertiary/aromatic N) is 3. The van der Waals surface area contributed by atoms with Crippen LogP contribution in [-0.2, 0) is 10.0 Å². The summed E-state index contributed by atoms with van der Waals surface area (Å²) in [6, 6.07) is 11.5. The van der Waals surface area contributed by atoms with Crippen LogP contribution in [0.1, 0.15) is 26.5 Å². The van der Waals surface area contributed by atoms with Gasteiger partial charge in [-0.15, -0.1) is 10.2 Å². The number of aromatic nitrogens is 3. The SMILES string of the molecule is COc1ccc(NS(=O)(=O)c2ccc(NC3=C(Cl)C(=O)c4nc(C)ccc4C3=O)cc2)nn1. The third-order valence-corrected chi connectivity index (χ3v) is 6.39. The zero-order chi connectivity index (χ0) is 23.8. The number of methoxy groups -OCH3 is 1. The molecule has 0 saturated heterocycles. The van der Waals surface area contributed by atoms with Gasteiger partial charge in [-0.05, 0) is 49.4 Å². The van der Waals surface area contributed by atoms with Crippen molar-refractivity contribution in [1.29, 1.82) is 0 Å². The number of aryl methyl sites for hydroxylation is 1. The monoisotopic (exact) mass is 485 g/mol. The van der Waals surface area contributed by atoms with E-state index in [0.717, 1.165) is 0 Å². The molecule has 4 rings (SSSR count). The largest absolute Gasteiger partial charge is 0.480 e. The highest BCUT2D eigenvalue weighted by molar-refractivity contribution is 7.92. The molecule has 0 spiro atoms. The first kappa shape index (κ1) is 22.4. The fourth-order valence-corrected chi connectivity index (χ4v) is 4.24. The van der Waals surface area contributed by atoms with E-state index in [9.17, 15) is 18.0 Å². The Morgan fingerprint density at radius 1 is 0.939 bits per heavy atom. The van der Waals surface area contributed by atoms with E-state index in [1.165, 1.54) is 49.6 Å². The maximum absolute atomic E-state index is 12.8. The fraction of sp³-hybridized carbons (Fsp3) is 0.0952. The van der Waals surface area contributed by atoms with Gasteiger partial charge in [0, 0.05) is 17.4 Å². The first-order chi connectivity index (χ1) is 15.7. The highest BCUT2D eigenvalue weighted by Crippen LogP contribution is 2.29. The Bertz CT molecular complexity index is 1400. The van der Waals surface area contributed by atoms with Crippen molar-refractivity contribution in [3.63, 3.8) is 0 Å². The average Bonchev–Trinajstić information content (AvgIpc) is 2.81. The second kappa shape index (κ2) is 8.60. The van der Waals surface area contributed by atoms with E-state index < -0.39 is 21.6 Å². The molecule has 12 heteroatoms. The molecular weight excluding hydrogens is 470 g/mol. The number of ether oxygens (including phenoxy) is 1. The predicted octanol–water partition coefficient (Wildman–Crippen LogP) is 2.93. The number of hydrogen-bond acceptors (Lipinski definition) is 9. The molecule has 2 heterocycles. The molecule has 1 aliphatic rings. The van der Waals surface area contributed by atoms with E-state index in [-0.39, 0.29) is 38.6 Å². The topological polar surface area (TPSA) is 140 Å². The smallest absolute Gasteiger partial charge is 0.263 e. The molecule has 2 N–H and O–H groups in total. The maximum atomic E-state index is 12.8. The van der Waals surface area contributed by atoms with Crippen molar-refractivity contribution in [2.24, 2.45) is 0 Å². The second-order valence-electron chi connectivity index (χ2n) is 6.91. The van der Waals surface area contributed by atoms with E-state index >= 15 is 0 Å². The molecule has 0 amide bonds. The molecule has 10 nitrogen and oxygen atoms in total. The molecule has 0 radical (unpaired) electrons. The molecular formula is C21H16ClN5O5S. The number of Topliss-reactive ketones (excluding diaryl/α,β-unsaturated/α-hetero) is 2. The molecule has 1 aliphatic carbocycles. The molecule has 3 aromatic rings. The maximum Gasteiger partial charge on any atom is 0.263 e. The van der Waals surface area contributed by atoms with E-state index in [1.807, 2.05) is 0 Å². The molecule has 1 aromatic carbocycles. The van der Waals surface area contributed by atoms with Crippen molar-refractivity contribution in [3.8, 4) is 5.88 Å². The van der Waals surface area contributed by atoms with Crippen molar-refractivity contribution >= 4 is 44.7 Å². The van der Waals surface area contributed by atoms with Gasteiger partial charge in [0.05, 0.1) is 17.6 Å². The average molecular weight is 486 g/mol. The normalized spacial score (nSPS) is 13.5. The lowest BCUT2D eigenvalue weighted by molar-refractivity contribution is 0.0978. The number of carbonyl (C=O) groups is 2. The Hall–Kier alpha value is -3.83. The summed E-state index contributed by atoms with van der Waals surface area (Å²) in [4.78, 5) is 29.5. The lowest BCUT2D eigenvalue weighted by Gasteiger charge is -2.18. The van der Waals surface area contributed by atoms with Gasteiger partial charge in [-0.1, -0.05) is 11.6 Å². The van der Waals surface area contributed by atoms with E-state index in [2.05, 4.69) is 25.2 Å². The van der Waals surface area contributed by atoms with Gasteiger partial charge in [-0.2, -0.15) is 0 Å². The van der Waals surface area contributed by atoms with Crippen LogP contribution in [0.4, 0.5) is 11.5 Å². The number of fused-ring (bicyclic) bond motifs is 1. The van der Waals surface area contributed by atoms with Gasteiger partial charge < -0.3 is 10.1 Å². The summed E-state index contributed by atoms with van der Waals surface area (Å²) in [7, 11) is -2.53. The minimum Gasteiger partial charge on any atom is -0.480 e. The van der Waals surface area contributed by atoms with Gasteiger partial charge in [-0.25, -0.2) is 13.4 Å². The van der Waals surface area contributed by atoms with Crippen LogP contribution in [0.2, 0.25) is 0 Å². The second-order valence-corrected chi connectivity index (χ2v) is 8.97. The molecule has 33 heavy (non-hydrogen) atoms. The number of sulfonamides is 1. The first-order valence-electron chi connectivity index (χ1n) is 9.44. The van der Waals surface area contributed by atoms with E-state index in [0.29, 0.717) is 11.4 Å². The van der Waals surface area contributed by atoms with Gasteiger partial charge in [-0.3, -0.25) is 14.3 Å².